The summed E-state index contributed by atoms with van der Waals surface area (Å²) in [6.07, 6.45) is 1.44. The molecule has 0 saturated heterocycles. The molecule has 18 heavy (non-hydrogen) atoms. The maximum Gasteiger partial charge on any atom is 0.339 e. The standard InChI is InChI=1S/C12H11NO3S2/c1-16-12(14)9-4-5-10(13-7-9)8-18(15)11-3-2-6-17-11/h2-7H,8H2,1H3. The van der Waals surface area contributed by atoms with E-state index < -0.39 is 16.8 Å². The first-order chi connectivity index (χ1) is 8.70. The number of hydrogen-bond acceptors (Lipinski definition) is 5. The van der Waals surface area contributed by atoms with Gasteiger partial charge in [0.05, 0.1) is 39.1 Å². The summed E-state index contributed by atoms with van der Waals surface area (Å²) in [7, 11) is 0.239. The van der Waals surface area contributed by atoms with Crippen LogP contribution in [0.2, 0.25) is 0 Å². The predicted octanol–water partition coefficient (Wildman–Crippen LogP) is 2.24. The summed E-state index contributed by atoms with van der Waals surface area (Å²) in [6.45, 7) is 0. The topological polar surface area (TPSA) is 56.3 Å². The molecule has 0 radical (unpaired) electrons. The quantitative estimate of drug-likeness (QED) is 0.806. The summed E-state index contributed by atoms with van der Waals surface area (Å²) in [6, 6.07) is 7.02. The average Bonchev–Trinajstić information content (AvgIpc) is 2.92. The lowest BCUT2D eigenvalue weighted by Gasteiger charge is -2.01. The Bertz CT molecular complexity index is 549. The van der Waals surface area contributed by atoms with Gasteiger partial charge in [0.15, 0.2) is 0 Å². The Hall–Kier alpha value is -1.53. The minimum absolute atomic E-state index is 0.349. The highest BCUT2D eigenvalue weighted by molar-refractivity contribution is 7.86. The van der Waals surface area contributed by atoms with Gasteiger partial charge < -0.3 is 4.74 Å². The molecule has 0 aliphatic carbocycles. The van der Waals surface area contributed by atoms with Crippen molar-refractivity contribution in [2.24, 2.45) is 0 Å². The zero-order valence-electron chi connectivity index (χ0n) is 9.66. The third-order valence-electron chi connectivity index (χ3n) is 2.24. The van der Waals surface area contributed by atoms with Crippen LogP contribution in [0.4, 0.5) is 0 Å². The number of carbonyl (C=O) groups excluding carboxylic acids is 1. The van der Waals surface area contributed by atoms with Crippen LogP contribution in [0.5, 0.6) is 0 Å². The molecule has 2 heterocycles. The monoisotopic (exact) mass is 281 g/mol. The Kier molecular flexibility index (Phi) is 4.22. The van der Waals surface area contributed by atoms with Crippen LogP contribution in [0.1, 0.15) is 16.1 Å². The van der Waals surface area contributed by atoms with Gasteiger partial charge in [-0.2, -0.15) is 0 Å². The van der Waals surface area contributed by atoms with E-state index in [1.165, 1.54) is 24.6 Å². The number of esters is 1. The second-order valence-electron chi connectivity index (χ2n) is 3.45. The molecule has 0 amide bonds. The highest BCUT2D eigenvalue weighted by Crippen LogP contribution is 2.16. The van der Waals surface area contributed by atoms with E-state index in [1.807, 2.05) is 17.5 Å². The van der Waals surface area contributed by atoms with Gasteiger partial charge in [-0.25, -0.2) is 4.79 Å². The molecule has 0 aliphatic rings. The van der Waals surface area contributed by atoms with Crippen molar-refractivity contribution in [3.8, 4) is 0 Å². The van der Waals surface area contributed by atoms with E-state index in [9.17, 15) is 9.00 Å². The number of rotatable bonds is 4. The smallest absolute Gasteiger partial charge is 0.339 e. The number of carbonyl (C=O) groups is 1. The summed E-state index contributed by atoms with van der Waals surface area (Å²) in [5.41, 5.74) is 1.08. The van der Waals surface area contributed by atoms with Gasteiger partial charge in [-0.05, 0) is 23.6 Å². The molecule has 0 N–H and O–H groups in total. The van der Waals surface area contributed by atoms with Crippen LogP contribution in [0.25, 0.3) is 0 Å². The SMILES string of the molecule is COC(=O)c1ccc(CS(=O)c2cccs2)nc1. The van der Waals surface area contributed by atoms with Crippen LogP contribution in [-0.2, 0) is 21.3 Å². The molecule has 0 aromatic carbocycles. The number of ether oxygens (including phenoxy) is 1. The number of thiophene rings is 1. The summed E-state index contributed by atoms with van der Waals surface area (Å²) in [5, 5.41) is 1.89. The summed E-state index contributed by atoms with van der Waals surface area (Å²) in [5.74, 6) is -0.0736. The van der Waals surface area contributed by atoms with Gasteiger partial charge in [-0.1, -0.05) is 6.07 Å². The van der Waals surface area contributed by atoms with Gasteiger partial charge in [-0.3, -0.25) is 9.19 Å². The van der Waals surface area contributed by atoms with Crippen LogP contribution < -0.4 is 0 Å². The first kappa shape index (κ1) is 12.9. The number of nitrogens with zero attached hydrogens (tertiary/aromatic N) is 1. The van der Waals surface area contributed by atoms with Crippen LogP contribution in [0.15, 0.2) is 40.1 Å². The van der Waals surface area contributed by atoms with Crippen molar-refractivity contribution < 1.29 is 13.7 Å². The molecule has 1 atom stereocenters. The van der Waals surface area contributed by atoms with E-state index in [2.05, 4.69) is 9.72 Å². The third-order valence-corrected chi connectivity index (χ3v) is 4.90. The van der Waals surface area contributed by atoms with Crippen LogP contribution in [0.3, 0.4) is 0 Å². The molecule has 2 rings (SSSR count). The van der Waals surface area contributed by atoms with Gasteiger partial charge >= 0.3 is 5.97 Å². The minimum atomic E-state index is -1.08. The van der Waals surface area contributed by atoms with Gasteiger partial charge in [0, 0.05) is 6.20 Å². The van der Waals surface area contributed by atoms with Gasteiger partial charge in [0.1, 0.15) is 0 Å². The zero-order chi connectivity index (χ0) is 13.0. The van der Waals surface area contributed by atoms with Crippen LogP contribution >= 0.6 is 11.3 Å². The van der Waals surface area contributed by atoms with Crippen molar-refractivity contribution in [1.29, 1.82) is 0 Å². The molecular formula is C12H11NO3S2. The fourth-order valence-corrected chi connectivity index (χ4v) is 3.38. The molecule has 0 fully saturated rings. The maximum absolute atomic E-state index is 11.9. The molecule has 0 bridgehead atoms. The Morgan fingerprint density at radius 3 is 2.83 bits per heavy atom. The van der Waals surface area contributed by atoms with Gasteiger partial charge in [0.2, 0.25) is 0 Å². The lowest BCUT2D eigenvalue weighted by Crippen LogP contribution is -2.03. The van der Waals surface area contributed by atoms with Crippen molar-refractivity contribution in [1.82, 2.24) is 4.98 Å². The lowest BCUT2D eigenvalue weighted by atomic mass is 10.2. The third kappa shape index (κ3) is 3.02. The van der Waals surface area contributed by atoms with Crippen molar-refractivity contribution in [3.63, 3.8) is 0 Å². The van der Waals surface area contributed by atoms with E-state index in [4.69, 9.17) is 0 Å². The highest BCUT2D eigenvalue weighted by atomic mass is 32.2. The zero-order valence-corrected chi connectivity index (χ0v) is 11.3. The molecule has 2 aromatic heterocycles. The number of pyridine rings is 1. The molecule has 4 nitrogen and oxygen atoms in total. The fourth-order valence-electron chi connectivity index (χ4n) is 1.35. The molecule has 0 aliphatic heterocycles. The predicted molar refractivity (Wildman–Crippen MR) is 70.0 cm³/mol. The largest absolute Gasteiger partial charge is 0.465 e. The summed E-state index contributed by atoms with van der Waals surface area (Å²) in [4.78, 5) is 15.3. The van der Waals surface area contributed by atoms with E-state index in [0.717, 1.165) is 4.21 Å². The second-order valence-corrected chi connectivity index (χ2v) is 6.08. The van der Waals surface area contributed by atoms with Crippen LogP contribution in [-0.4, -0.2) is 22.3 Å². The number of aromatic nitrogens is 1. The summed E-state index contributed by atoms with van der Waals surface area (Å²) < 4.78 is 17.3. The lowest BCUT2D eigenvalue weighted by molar-refractivity contribution is 0.0600. The molecule has 2 aromatic rings. The van der Waals surface area contributed by atoms with Gasteiger partial charge in [-0.15, -0.1) is 11.3 Å². The molecule has 6 heteroatoms. The second kappa shape index (κ2) is 5.88. The Morgan fingerprint density at radius 2 is 2.28 bits per heavy atom. The van der Waals surface area contributed by atoms with Crippen molar-refractivity contribution >= 4 is 28.1 Å². The van der Waals surface area contributed by atoms with E-state index in [-0.39, 0.29) is 0 Å². The van der Waals surface area contributed by atoms with Crippen molar-refractivity contribution in [2.45, 2.75) is 9.96 Å². The first-order valence-electron chi connectivity index (χ1n) is 5.16. The molecular weight excluding hydrogens is 270 g/mol. The molecule has 94 valence electrons. The Labute approximate surface area is 111 Å². The summed E-state index contributed by atoms with van der Waals surface area (Å²) >= 11 is 1.46. The van der Waals surface area contributed by atoms with E-state index in [1.54, 1.807) is 12.1 Å². The minimum Gasteiger partial charge on any atom is -0.465 e. The van der Waals surface area contributed by atoms with Crippen molar-refractivity contribution in [2.75, 3.05) is 7.11 Å². The Balaban J connectivity index is 2.07. The van der Waals surface area contributed by atoms with Crippen LogP contribution in [0, 0.1) is 0 Å². The maximum atomic E-state index is 11.9. The normalized spacial score (nSPS) is 12.1. The number of hydrogen-bond donors (Lipinski definition) is 0. The number of methoxy groups -OCH3 is 1. The van der Waals surface area contributed by atoms with Crippen molar-refractivity contribution in [3.05, 3.63) is 47.1 Å². The molecule has 0 saturated carbocycles. The fraction of sp³-hybridized carbons (Fsp3) is 0.167. The molecule has 1 unspecified atom stereocenters. The van der Waals surface area contributed by atoms with E-state index >= 15 is 0 Å². The van der Waals surface area contributed by atoms with E-state index in [0.29, 0.717) is 17.0 Å². The Morgan fingerprint density at radius 1 is 1.44 bits per heavy atom. The highest BCUT2D eigenvalue weighted by Gasteiger charge is 2.09. The molecule has 0 spiro atoms. The van der Waals surface area contributed by atoms with Gasteiger partial charge in [0.25, 0.3) is 0 Å². The first-order valence-corrected chi connectivity index (χ1v) is 7.35. The average molecular weight is 281 g/mol.